The molecule has 6 heteroatoms. The van der Waals surface area contributed by atoms with Gasteiger partial charge in [-0.3, -0.25) is 4.79 Å². The van der Waals surface area contributed by atoms with E-state index in [2.05, 4.69) is 6.92 Å². The van der Waals surface area contributed by atoms with Crippen molar-refractivity contribution in [2.24, 2.45) is 0 Å². The second-order valence-electron chi connectivity index (χ2n) is 6.56. The van der Waals surface area contributed by atoms with Crippen molar-refractivity contribution < 1.29 is 28.5 Å². The van der Waals surface area contributed by atoms with Gasteiger partial charge in [-0.1, -0.05) is 37.6 Å². The van der Waals surface area contributed by atoms with Gasteiger partial charge in [-0.25, -0.2) is 4.79 Å². The number of rotatable bonds is 8. The number of hydrogen-bond donors (Lipinski definition) is 0. The third kappa shape index (κ3) is 5.38. The van der Waals surface area contributed by atoms with E-state index in [9.17, 15) is 9.59 Å². The molecular formula is C23H24O6. The molecule has 0 atom stereocenters. The van der Waals surface area contributed by atoms with Gasteiger partial charge in [0.2, 0.25) is 5.75 Å². The van der Waals surface area contributed by atoms with Crippen LogP contribution in [0.2, 0.25) is 0 Å². The molecule has 2 aromatic rings. The highest BCUT2D eigenvalue weighted by Gasteiger charge is 2.18. The first-order chi connectivity index (χ1) is 14.1. The van der Waals surface area contributed by atoms with E-state index in [1.165, 1.54) is 18.7 Å². The monoisotopic (exact) mass is 396 g/mol. The minimum Gasteiger partial charge on any atom is -0.493 e. The van der Waals surface area contributed by atoms with Crippen LogP contribution in [0, 0.1) is 0 Å². The fourth-order valence-electron chi connectivity index (χ4n) is 2.97. The summed E-state index contributed by atoms with van der Waals surface area (Å²) < 4.78 is 21.5. The fraction of sp³-hybridized carbons (Fsp3) is 0.304. The first kappa shape index (κ1) is 20.5. The summed E-state index contributed by atoms with van der Waals surface area (Å²) in [6.07, 6.45) is 4.86. The molecule has 0 radical (unpaired) electrons. The number of hydrogen-bond acceptors (Lipinski definition) is 6. The Kier molecular flexibility index (Phi) is 6.89. The van der Waals surface area contributed by atoms with E-state index in [1.54, 1.807) is 30.3 Å². The van der Waals surface area contributed by atoms with E-state index in [0.717, 1.165) is 12.8 Å². The predicted octanol–water partition coefficient (Wildman–Crippen LogP) is 3.86. The van der Waals surface area contributed by atoms with Gasteiger partial charge in [0.25, 0.3) is 0 Å². The quantitative estimate of drug-likeness (QED) is 0.383. The maximum absolute atomic E-state index is 12.2. The lowest BCUT2D eigenvalue weighted by atomic mass is 10.1. The van der Waals surface area contributed by atoms with E-state index in [0.29, 0.717) is 41.6 Å². The second-order valence-corrected chi connectivity index (χ2v) is 6.56. The molecule has 152 valence electrons. The zero-order valence-corrected chi connectivity index (χ0v) is 16.6. The molecule has 0 aromatic heterocycles. The summed E-state index contributed by atoms with van der Waals surface area (Å²) in [5, 5.41) is 0. The molecule has 29 heavy (non-hydrogen) atoms. The summed E-state index contributed by atoms with van der Waals surface area (Å²) in [7, 11) is 1.54. The van der Waals surface area contributed by atoms with Crippen LogP contribution in [0.1, 0.15) is 34.8 Å². The van der Waals surface area contributed by atoms with Crippen LogP contribution in [-0.4, -0.2) is 38.7 Å². The third-order valence-corrected chi connectivity index (χ3v) is 4.42. The van der Waals surface area contributed by atoms with Crippen molar-refractivity contribution >= 4 is 17.8 Å². The predicted molar refractivity (Wildman–Crippen MR) is 109 cm³/mol. The molecule has 0 amide bonds. The van der Waals surface area contributed by atoms with Crippen molar-refractivity contribution in [2.45, 2.75) is 19.8 Å². The van der Waals surface area contributed by atoms with Gasteiger partial charge in [0.05, 0.1) is 7.11 Å². The maximum Gasteiger partial charge on any atom is 0.331 e. The summed E-state index contributed by atoms with van der Waals surface area (Å²) in [5.74, 6) is 0.793. The largest absolute Gasteiger partial charge is 0.493 e. The number of esters is 1. The molecule has 0 aliphatic carbocycles. The van der Waals surface area contributed by atoms with Crippen molar-refractivity contribution in [1.82, 2.24) is 0 Å². The van der Waals surface area contributed by atoms with Gasteiger partial charge in [-0.15, -0.1) is 0 Å². The lowest BCUT2D eigenvalue weighted by Crippen LogP contribution is -2.16. The zero-order chi connectivity index (χ0) is 20.6. The number of ether oxygens (including phenoxy) is 4. The summed E-state index contributed by atoms with van der Waals surface area (Å²) in [6, 6.07) is 10.9. The lowest BCUT2D eigenvalue weighted by Gasteiger charge is -2.20. The highest BCUT2D eigenvalue weighted by molar-refractivity contribution is 5.99. The summed E-state index contributed by atoms with van der Waals surface area (Å²) >= 11 is 0. The van der Waals surface area contributed by atoms with Crippen molar-refractivity contribution in [3.8, 4) is 17.2 Å². The molecule has 0 fully saturated rings. The average molecular weight is 396 g/mol. The lowest BCUT2D eigenvalue weighted by molar-refractivity contribution is -0.136. The van der Waals surface area contributed by atoms with Gasteiger partial charge < -0.3 is 18.9 Å². The zero-order valence-electron chi connectivity index (χ0n) is 16.6. The number of aryl methyl sites for hydroxylation is 1. The molecule has 6 nitrogen and oxygen atoms in total. The van der Waals surface area contributed by atoms with E-state index in [4.69, 9.17) is 18.9 Å². The van der Waals surface area contributed by atoms with E-state index < -0.39 is 5.97 Å². The summed E-state index contributed by atoms with van der Waals surface area (Å²) in [5.41, 5.74) is 2.40. The number of fused-ring (bicyclic) bond motifs is 1. The van der Waals surface area contributed by atoms with Crippen LogP contribution < -0.4 is 14.2 Å². The van der Waals surface area contributed by atoms with Crippen LogP contribution in [-0.2, 0) is 16.0 Å². The van der Waals surface area contributed by atoms with Gasteiger partial charge in [0, 0.05) is 11.6 Å². The van der Waals surface area contributed by atoms with Crippen LogP contribution in [0.25, 0.3) is 6.08 Å². The van der Waals surface area contributed by atoms with Crippen molar-refractivity contribution in [3.63, 3.8) is 0 Å². The minimum absolute atomic E-state index is 0.240. The van der Waals surface area contributed by atoms with Crippen LogP contribution in [0.4, 0.5) is 0 Å². The van der Waals surface area contributed by atoms with Crippen LogP contribution in [0.3, 0.4) is 0 Å². The van der Waals surface area contributed by atoms with Gasteiger partial charge in [0.1, 0.15) is 13.2 Å². The van der Waals surface area contributed by atoms with E-state index in [-0.39, 0.29) is 12.4 Å². The Morgan fingerprint density at radius 1 is 1.10 bits per heavy atom. The Morgan fingerprint density at radius 3 is 2.59 bits per heavy atom. The number of carbonyl (C=O) groups is 2. The number of Topliss-reactive ketones (excluding diaryl/α,β-unsaturated/α-hetero) is 1. The molecule has 0 spiro atoms. The Balaban J connectivity index is 1.57. The molecular weight excluding hydrogens is 372 g/mol. The Morgan fingerprint density at radius 2 is 1.86 bits per heavy atom. The smallest absolute Gasteiger partial charge is 0.331 e. The maximum atomic E-state index is 12.2. The highest BCUT2D eigenvalue weighted by atomic mass is 16.6. The Bertz CT molecular complexity index is 881. The molecule has 3 rings (SSSR count). The van der Waals surface area contributed by atoms with Crippen molar-refractivity contribution in [1.29, 1.82) is 0 Å². The molecule has 1 aliphatic rings. The molecule has 0 unspecified atom stereocenters. The van der Waals surface area contributed by atoms with Gasteiger partial charge >= 0.3 is 5.97 Å². The standard InChI is InChI=1S/C23H24O6/c1-3-4-16-5-8-18(9-6-16)19(24)15-29-22(25)10-7-17-13-20(26-2)23-21(14-17)27-11-12-28-23/h5-10,13-14H,3-4,11-12,15H2,1-2H3/b10-7+. The SMILES string of the molecule is CCCc1ccc(C(=O)COC(=O)/C=C/c2cc(OC)c3c(c2)OCCO3)cc1. The molecule has 1 aliphatic heterocycles. The molecule has 2 aromatic carbocycles. The molecule has 1 heterocycles. The molecule has 0 N–H and O–H groups in total. The number of methoxy groups -OCH3 is 1. The van der Waals surface area contributed by atoms with Crippen LogP contribution in [0.15, 0.2) is 42.5 Å². The van der Waals surface area contributed by atoms with Crippen molar-refractivity contribution in [3.05, 3.63) is 59.2 Å². The highest BCUT2D eigenvalue weighted by Crippen LogP contribution is 2.40. The fourth-order valence-corrected chi connectivity index (χ4v) is 2.97. The van der Waals surface area contributed by atoms with E-state index >= 15 is 0 Å². The Labute approximate surface area is 170 Å². The molecule has 0 bridgehead atoms. The van der Waals surface area contributed by atoms with Gasteiger partial charge in [-0.05, 0) is 35.8 Å². The van der Waals surface area contributed by atoms with Crippen LogP contribution in [0.5, 0.6) is 17.2 Å². The first-order valence-electron chi connectivity index (χ1n) is 9.55. The van der Waals surface area contributed by atoms with E-state index in [1.807, 2.05) is 12.1 Å². The summed E-state index contributed by atoms with van der Waals surface area (Å²) in [6.45, 7) is 2.71. The number of ketones is 1. The Hall–Kier alpha value is -3.28. The van der Waals surface area contributed by atoms with Gasteiger partial charge in [0.15, 0.2) is 23.9 Å². The normalized spacial score (nSPS) is 12.6. The number of benzene rings is 2. The topological polar surface area (TPSA) is 71.1 Å². The minimum atomic E-state index is -0.602. The number of carbonyl (C=O) groups excluding carboxylic acids is 2. The summed E-state index contributed by atoms with van der Waals surface area (Å²) in [4.78, 5) is 24.2. The average Bonchev–Trinajstić information content (AvgIpc) is 2.76. The van der Waals surface area contributed by atoms with Crippen molar-refractivity contribution in [2.75, 3.05) is 26.9 Å². The second kappa shape index (κ2) is 9.78. The van der Waals surface area contributed by atoms with Crippen LogP contribution >= 0.6 is 0 Å². The molecule has 0 saturated heterocycles. The third-order valence-electron chi connectivity index (χ3n) is 4.42. The van der Waals surface area contributed by atoms with Gasteiger partial charge in [-0.2, -0.15) is 0 Å². The first-order valence-corrected chi connectivity index (χ1v) is 9.55. The molecule has 0 saturated carbocycles.